The van der Waals surface area contributed by atoms with Gasteiger partial charge in [0.25, 0.3) is 5.69 Å². The van der Waals surface area contributed by atoms with Crippen molar-refractivity contribution < 1.29 is 4.92 Å². The molecule has 20 heavy (non-hydrogen) atoms. The summed E-state index contributed by atoms with van der Waals surface area (Å²) in [5.41, 5.74) is 2.01. The molecule has 0 unspecified atom stereocenters. The quantitative estimate of drug-likeness (QED) is 0.611. The summed E-state index contributed by atoms with van der Waals surface area (Å²) in [7, 11) is 3.80. The van der Waals surface area contributed by atoms with E-state index in [0.29, 0.717) is 11.5 Å². The van der Waals surface area contributed by atoms with Crippen LogP contribution >= 0.6 is 0 Å². The predicted molar refractivity (Wildman–Crippen MR) is 81.6 cm³/mol. The molecule has 1 aliphatic carbocycles. The normalized spacial score (nSPS) is 16.5. The van der Waals surface area contributed by atoms with Gasteiger partial charge in [-0.15, -0.1) is 0 Å². The highest BCUT2D eigenvalue weighted by atomic mass is 16.6. The number of nitrogens with zero attached hydrogens (tertiary/aromatic N) is 2. The molecule has 0 radical (unpaired) electrons. The van der Waals surface area contributed by atoms with E-state index < -0.39 is 0 Å². The van der Waals surface area contributed by atoms with E-state index in [-0.39, 0.29) is 10.6 Å². The van der Waals surface area contributed by atoms with Gasteiger partial charge >= 0.3 is 0 Å². The molecule has 0 N–H and O–H groups in total. The van der Waals surface area contributed by atoms with E-state index in [9.17, 15) is 10.1 Å². The van der Waals surface area contributed by atoms with Crippen LogP contribution in [0.25, 0.3) is 6.08 Å². The lowest BCUT2D eigenvalue weighted by atomic mass is 9.83. The minimum Gasteiger partial charge on any atom is -0.383 e. The highest BCUT2D eigenvalue weighted by Crippen LogP contribution is 2.35. The largest absolute Gasteiger partial charge is 0.383 e. The first-order valence-corrected chi connectivity index (χ1v) is 7.21. The van der Waals surface area contributed by atoms with Crippen molar-refractivity contribution in [2.24, 2.45) is 0 Å². The van der Waals surface area contributed by atoms with Crippen LogP contribution in [-0.4, -0.2) is 23.9 Å². The van der Waals surface area contributed by atoms with Gasteiger partial charge in [-0.3, -0.25) is 10.1 Å². The van der Waals surface area contributed by atoms with Gasteiger partial charge in [-0.25, -0.2) is 0 Å². The van der Waals surface area contributed by atoms with Crippen LogP contribution in [0.1, 0.15) is 49.1 Å². The number of nitro benzene ring substituents is 1. The Bertz CT molecular complexity index is 503. The molecular formula is C16H22N2O2. The molecule has 0 atom stereocenters. The van der Waals surface area contributed by atoms with Crippen LogP contribution in [0, 0.1) is 10.1 Å². The Kier molecular flexibility index (Phi) is 4.77. The summed E-state index contributed by atoms with van der Waals surface area (Å²) in [5.74, 6) is 0.495. The first kappa shape index (κ1) is 14.6. The molecule has 1 fully saturated rings. The Labute approximate surface area is 120 Å². The van der Waals surface area contributed by atoms with Crippen molar-refractivity contribution in [2.45, 2.75) is 38.0 Å². The Morgan fingerprint density at radius 3 is 2.55 bits per heavy atom. The smallest absolute Gasteiger partial charge is 0.276 e. The third kappa shape index (κ3) is 3.59. The Hall–Kier alpha value is -1.84. The van der Waals surface area contributed by atoms with Crippen LogP contribution in [0.4, 0.5) is 5.69 Å². The second kappa shape index (κ2) is 6.55. The fourth-order valence-electron chi connectivity index (χ4n) is 2.78. The maximum absolute atomic E-state index is 11.3. The minimum atomic E-state index is -0.276. The summed E-state index contributed by atoms with van der Waals surface area (Å²) in [4.78, 5) is 12.9. The summed E-state index contributed by atoms with van der Waals surface area (Å²) in [5, 5.41) is 11.3. The molecule has 0 spiro atoms. The molecule has 1 aliphatic rings. The summed E-state index contributed by atoms with van der Waals surface area (Å²) >= 11 is 0. The molecule has 4 heteroatoms. The molecule has 2 rings (SSSR count). The van der Waals surface area contributed by atoms with E-state index in [4.69, 9.17) is 0 Å². The molecule has 0 aromatic heterocycles. The number of rotatable bonds is 4. The number of hydrogen-bond donors (Lipinski definition) is 0. The zero-order valence-electron chi connectivity index (χ0n) is 12.2. The van der Waals surface area contributed by atoms with E-state index in [0.717, 1.165) is 18.4 Å². The molecule has 0 heterocycles. The first-order chi connectivity index (χ1) is 9.58. The van der Waals surface area contributed by atoms with Gasteiger partial charge in [-0.1, -0.05) is 25.3 Å². The van der Waals surface area contributed by atoms with Gasteiger partial charge in [0.1, 0.15) is 0 Å². The van der Waals surface area contributed by atoms with E-state index in [1.54, 1.807) is 12.1 Å². The van der Waals surface area contributed by atoms with Crippen molar-refractivity contribution in [3.8, 4) is 0 Å². The summed E-state index contributed by atoms with van der Waals surface area (Å²) < 4.78 is 0. The van der Waals surface area contributed by atoms with Crippen LogP contribution < -0.4 is 0 Å². The Balaban J connectivity index is 2.29. The highest BCUT2D eigenvalue weighted by molar-refractivity contribution is 5.61. The maximum atomic E-state index is 11.3. The minimum absolute atomic E-state index is 0.214. The van der Waals surface area contributed by atoms with Crippen LogP contribution in [0.15, 0.2) is 24.4 Å². The van der Waals surface area contributed by atoms with E-state index in [1.807, 2.05) is 31.3 Å². The molecule has 0 aliphatic heterocycles. The molecule has 4 nitrogen and oxygen atoms in total. The monoisotopic (exact) mass is 274 g/mol. The van der Waals surface area contributed by atoms with E-state index in [2.05, 4.69) is 6.07 Å². The average molecular weight is 274 g/mol. The van der Waals surface area contributed by atoms with E-state index in [1.165, 1.54) is 19.3 Å². The van der Waals surface area contributed by atoms with Crippen molar-refractivity contribution >= 4 is 11.8 Å². The van der Waals surface area contributed by atoms with Gasteiger partial charge in [-0.05, 0) is 42.7 Å². The Morgan fingerprint density at radius 2 is 1.95 bits per heavy atom. The molecule has 1 saturated carbocycles. The van der Waals surface area contributed by atoms with Crippen molar-refractivity contribution in [1.29, 1.82) is 0 Å². The van der Waals surface area contributed by atoms with Crippen LogP contribution in [0.3, 0.4) is 0 Å². The fraction of sp³-hybridized carbons (Fsp3) is 0.500. The molecule has 1 aromatic rings. The number of hydrogen-bond acceptors (Lipinski definition) is 3. The lowest BCUT2D eigenvalue weighted by Gasteiger charge is -2.21. The molecule has 108 valence electrons. The molecule has 1 aromatic carbocycles. The van der Waals surface area contributed by atoms with Gasteiger partial charge < -0.3 is 4.90 Å². The zero-order chi connectivity index (χ0) is 14.5. The summed E-state index contributed by atoms with van der Waals surface area (Å²) in [6.45, 7) is 0. The number of nitro groups is 1. The van der Waals surface area contributed by atoms with Gasteiger partial charge in [0.2, 0.25) is 0 Å². The van der Waals surface area contributed by atoms with E-state index >= 15 is 0 Å². The highest BCUT2D eigenvalue weighted by Gasteiger charge is 2.19. The third-order valence-corrected chi connectivity index (χ3v) is 3.88. The average Bonchev–Trinajstić information content (AvgIpc) is 2.45. The predicted octanol–water partition coefficient (Wildman–Crippen LogP) is 4.17. The van der Waals surface area contributed by atoms with Gasteiger partial charge in [0.05, 0.1) is 10.5 Å². The fourth-order valence-corrected chi connectivity index (χ4v) is 2.78. The van der Waals surface area contributed by atoms with Gasteiger partial charge in [0.15, 0.2) is 0 Å². The summed E-state index contributed by atoms with van der Waals surface area (Å²) in [6, 6.07) is 5.70. The van der Waals surface area contributed by atoms with Crippen molar-refractivity contribution in [3.05, 3.63) is 45.6 Å². The van der Waals surface area contributed by atoms with Gasteiger partial charge in [-0.2, -0.15) is 0 Å². The van der Waals surface area contributed by atoms with Crippen molar-refractivity contribution in [1.82, 2.24) is 4.90 Å². The lowest BCUT2D eigenvalue weighted by Crippen LogP contribution is -2.05. The Morgan fingerprint density at radius 1 is 1.25 bits per heavy atom. The van der Waals surface area contributed by atoms with Crippen molar-refractivity contribution in [2.75, 3.05) is 14.1 Å². The van der Waals surface area contributed by atoms with Crippen LogP contribution in [0.2, 0.25) is 0 Å². The van der Waals surface area contributed by atoms with Crippen LogP contribution in [0.5, 0.6) is 0 Å². The van der Waals surface area contributed by atoms with Crippen molar-refractivity contribution in [3.63, 3.8) is 0 Å². The zero-order valence-corrected chi connectivity index (χ0v) is 12.2. The molecule has 0 saturated heterocycles. The first-order valence-electron chi connectivity index (χ1n) is 7.21. The van der Waals surface area contributed by atoms with Crippen LogP contribution in [-0.2, 0) is 0 Å². The number of benzene rings is 1. The molecule has 0 amide bonds. The lowest BCUT2D eigenvalue weighted by molar-refractivity contribution is -0.385. The SMILES string of the molecule is CN(C)C=Cc1ccc(C2CCCCC2)cc1[N+](=O)[O-]. The molecular weight excluding hydrogens is 252 g/mol. The molecule has 0 bridgehead atoms. The summed E-state index contributed by atoms with van der Waals surface area (Å²) in [6.07, 6.45) is 9.71. The standard InChI is InChI=1S/C16H22N2O2/c1-17(2)11-10-14-8-9-15(12-16(14)18(19)20)13-6-4-3-5-7-13/h8-13H,3-7H2,1-2H3. The topological polar surface area (TPSA) is 46.4 Å². The van der Waals surface area contributed by atoms with Gasteiger partial charge in [0, 0.05) is 20.2 Å². The second-order valence-electron chi connectivity index (χ2n) is 5.69. The third-order valence-electron chi connectivity index (χ3n) is 3.88. The second-order valence-corrected chi connectivity index (χ2v) is 5.69. The maximum Gasteiger partial charge on any atom is 0.276 e.